The van der Waals surface area contributed by atoms with Crippen molar-refractivity contribution in [2.24, 2.45) is 4.40 Å². The highest BCUT2D eigenvalue weighted by atomic mass is 32.2. The smallest absolute Gasteiger partial charge is 0.323 e. The Morgan fingerprint density at radius 2 is 1.65 bits per heavy atom. The van der Waals surface area contributed by atoms with E-state index in [0.29, 0.717) is 6.42 Å². The van der Waals surface area contributed by atoms with Gasteiger partial charge in [-0.15, -0.1) is 4.40 Å². The van der Waals surface area contributed by atoms with Gasteiger partial charge in [-0.1, -0.05) is 48.0 Å². The van der Waals surface area contributed by atoms with E-state index in [1.165, 1.54) is 12.1 Å². The highest BCUT2D eigenvalue weighted by Gasteiger charge is 2.49. The van der Waals surface area contributed by atoms with Gasteiger partial charge in [-0.05, 0) is 58.2 Å². The maximum absolute atomic E-state index is 13.2. The number of carbonyl (C=O) groups is 1. The Hall–Kier alpha value is -2.56. The molecule has 2 aromatic rings. The Kier molecular flexibility index (Phi) is 9.66. The minimum atomic E-state index is -4.20. The molecule has 1 heterocycles. The van der Waals surface area contributed by atoms with Gasteiger partial charge >= 0.3 is 13.6 Å². The standard InChI is InChI=1S/C25H34N3O7PS/c1-5-34-36(30,35-6-2)19-17-25(4)23(27-37(31,32)22-14-12-20(3)13-15-22)28(24(29)26-25)33-18-16-21-10-8-7-9-11-21/h7-15H,5-6,16-19H2,1-4H3,(H,26,29). The van der Waals surface area contributed by atoms with Crippen LogP contribution in [-0.4, -0.2) is 56.9 Å². The SMILES string of the molecule is CCOP(=O)(CCC1(C)NC(=O)N(OCCc2ccccc2)C1=NS(=O)(=O)c1ccc(C)cc1)OCC. The van der Waals surface area contributed by atoms with Gasteiger partial charge in [-0.25, -0.2) is 4.79 Å². The van der Waals surface area contributed by atoms with Crippen LogP contribution in [0.2, 0.25) is 0 Å². The van der Waals surface area contributed by atoms with Crippen LogP contribution in [0.15, 0.2) is 63.9 Å². The van der Waals surface area contributed by atoms with Crippen LogP contribution in [0.4, 0.5) is 4.79 Å². The van der Waals surface area contributed by atoms with Crippen molar-refractivity contribution in [3.63, 3.8) is 0 Å². The normalized spacial score (nSPS) is 19.4. The van der Waals surface area contributed by atoms with E-state index >= 15 is 0 Å². The zero-order valence-electron chi connectivity index (χ0n) is 21.5. The molecule has 0 spiro atoms. The molecule has 1 saturated heterocycles. The van der Waals surface area contributed by atoms with E-state index in [9.17, 15) is 17.8 Å². The van der Waals surface area contributed by atoms with E-state index in [1.807, 2.05) is 37.3 Å². The number of amidine groups is 1. The average molecular weight is 552 g/mol. The van der Waals surface area contributed by atoms with Crippen LogP contribution in [0.25, 0.3) is 0 Å². The summed E-state index contributed by atoms with van der Waals surface area (Å²) in [6, 6.07) is 15.1. The number of carbonyl (C=O) groups excluding carboxylic acids is 1. The predicted octanol–water partition coefficient (Wildman–Crippen LogP) is 4.70. The molecule has 10 nitrogen and oxygen atoms in total. The first-order valence-corrected chi connectivity index (χ1v) is 15.3. The number of hydrogen-bond acceptors (Lipinski definition) is 7. The van der Waals surface area contributed by atoms with Crippen LogP contribution < -0.4 is 5.32 Å². The van der Waals surface area contributed by atoms with Gasteiger partial charge in [0.15, 0.2) is 5.84 Å². The molecule has 1 unspecified atom stereocenters. The molecule has 1 aliphatic heterocycles. The maximum Gasteiger partial charge on any atom is 0.348 e. The number of hydroxylamine groups is 2. The molecule has 1 fully saturated rings. The number of hydrogen-bond donors (Lipinski definition) is 1. The lowest BCUT2D eigenvalue weighted by molar-refractivity contribution is -0.0545. The topological polar surface area (TPSA) is 124 Å². The summed E-state index contributed by atoms with van der Waals surface area (Å²) in [6.07, 6.45) is 0.465. The fourth-order valence-corrected chi connectivity index (χ4v) is 6.72. The quantitative estimate of drug-likeness (QED) is 0.358. The van der Waals surface area contributed by atoms with E-state index in [1.54, 1.807) is 32.9 Å². The number of benzene rings is 2. The summed E-state index contributed by atoms with van der Waals surface area (Å²) >= 11 is 0. The van der Waals surface area contributed by atoms with Gasteiger partial charge in [-0.2, -0.15) is 13.5 Å². The van der Waals surface area contributed by atoms with E-state index in [0.717, 1.165) is 16.2 Å². The van der Waals surface area contributed by atoms with Gasteiger partial charge in [0.25, 0.3) is 10.0 Å². The van der Waals surface area contributed by atoms with Crippen molar-refractivity contribution in [1.29, 1.82) is 0 Å². The Morgan fingerprint density at radius 1 is 1.03 bits per heavy atom. The van der Waals surface area contributed by atoms with Crippen molar-refractivity contribution in [2.45, 2.75) is 51.0 Å². The highest BCUT2D eigenvalue weighted by Crippen LogP contribution is 2.49. The summed E-state index contributed by atoms with van der Waals surface area (Å²) in [5, 5.41) is 3.63. The summed E-state index contributed by atoms with van der Waals surface area (Å²) in [6.45, 7) is 7.32. The zero-order valence-corrected chi connectivity index (χ0v) is 23.3. The Morgan fingerprint density at radius 3 is 2.24 bits per heavy atom. The van der Waals surface area contributed by atoms with Gasteiger partial charge in [0.2, 0.25) is 0 Å². The number of nitrogens with zero attached hydrogens (tertiary/aromatic N) is 2. The monoisotopic (exact) mass is 551 g/mol. The summed E-state index contributed by atoms with van der Waals surface area (Å²) < 4.78 is 54.3. The van der Waals surface area contributed by atoms with Crippen LogP contribution in [-0.2, 0) is 34.9 Å². The lowest BCUT2D eigenvalue weighted by Crippen LogP contribution is -2.45. The van der Waals surface area contributed by atoms with Crippen LogP contribution in [0.3, 0.4) is 0 Å². The van der Waals surface area contributed by atoms with Crippen molar-refractivity contribution in [3.05, 3.63) is 65.7 Å². The second-order valence-electron chi connectivity index (χ2n) is 8.75. The van der Waals surface area contributed by atoms with E-state index < -0.39 is 29.2 Å². The Labute approximate surface area is 218 Å². The van der Waals surface area contributed by atoms with E-state index in [4.69, 9.17) is 13.9 Å². The van der Waals surface area contributed by atoms with Crippen LogP contribution in [0, 0.1) is 6.92 Å². The molecule has 1 aliphatic rings. The second-order valence-corrected chi connectivity index (χ2v) is 12.5. The van der Waals surface area contributed by atoms with Crippen molar-refractivity contribution >= 4 is 29.5 Å². The second kappa shape index (κ2) is 12.3. The third kappa shape index (κ3) is 7.49. The van der Waals surface area contributed by atoms with Crippen molar-refractivity contribution < 1.29 is 31.7 Å². The molecular weight excluding hydrogens is 517 g/mol. The van der Waals surface area contributed by atoms with Crippen LogP contribution >= 0.6 is 7.60 Å². The molecule has 0 saturated carbocycles. The first-order chi connectivity index (χ1) is 17.5. The number of aryl methyl sites for hydroxylation is 1. The summed E-state index contributed by atoms with van der Waals surface area (Å²) in [7, 11) is -7.67. The molecule has 2 amide bonds. The maximum atomic E-state index is 13.2. The molecule has 0 aliphatic carbocycles. The first kappa shape index (κ1) is 29.0. The van der Waals surface area contributed by atoms with Gasteiger partial charge in [0, 0.05) is 0 Å². The summed E-state index contributed by atoms with van der Waals surface area (Å²) in [4.78, 5) is 18.7. The highest BCUT2D eigenvalue weighted by molar-refractivity contribution is 7.90. The fraction of sp³-hybridized carbons (Fsp3) is 0.440. The molecular formula is C25H34N3O7PS. The average Bonchev–Trinajstić information content (AvgIpc) is 3.08. The third-order valence-corrected chi connectivity index (χ3v) is 9.13. The van der Waals surface area contributed by atoms with Crippen molar-refractivity contribution in [3.8, 4) is 0 Å². The Balaban J connectivity index is 1.93. The summed E-state index contributed by atoms with van der Waals surface area (Å²) in [5.41, 5.74) is 0.568. The number of amides is 2. The molecule has 0 bridgehead atoms. The third-order valence-electron chi connectivity index (χ3n) is 5.77. The fourth-order valence-electron chi connectivity index (χ4n) is 3.79. The zero-order chi connectivity index (χ0) is 27.1. The Bertz CT molecular complexity index is 1240. The van der Waals surface area contributed by atoms with Gasteiger partial charge in [0.05, 0.1) is 30.9 Å². The minimum absolute atomic E-state index is 0.0224. The molecule has 0 radical (unpaired) electrons. The van der Waals surface area contributed by atoms with E-state index in [-0.39, 0.29) is 43.1 Å². The molecule has 0 aromatic heterocycles. The molecule has 1 atom stereocenters. The van der Waals surface area contributed by atoms with Crippen molar-refractivity contribution in [2.75, 3.05) is 26.0 Å². The van der Waals surface area contributed by atoms with Gasteiger partial charge in [0.1, 0.15) is 5.54 Å². The molecule has 202 valence electrons. The van der Waals surface area contributed by atoms with Gasteiger partial charge in [-0.3, -0.25) is 9.40 Å². The minimum Gasteiger partial charge on any atom is -0.323 e. The number of sulfonamides is 1. The first-order valence-electron chi connectivity index (χ1n) is 12.1. The molecule has 12 heteroatoms. The van der Waals surface area contributed by atoms with Gasteiger partial charge < -0.3 is 14.4 Å². The van der Waals surface area contributed by atoms with Crippen molar-refractivity contribution in [1.82, 2.24) is 10.4 Å². The van der Waals surface area contributed by atoms with Crippen LogP contribution in [0.1, 0.15) is 38.3 Å². The predicted molar refractivity (Wildman–Crippen MR) is 141 cm³/mol. The lowest BCUT2D eigenvalue weighted by Gasteiger charge is -2.27. The largest absolute Gasteiger partial charge is 0.348 e. The number of urea groups is 1. The molecule has 1 N–H and O–H groups in total. The summed E-state index contributed by atoms with van der Waals surface area (Å²) in [5.74, 6) is -0.148. The lowest BCUT2D eigenvalue weighted by atomic mass is 9.99. The number of rotatable bonds is 13. The van der Waals surface area contributed by atoms with Crippen LogP contribution in [0.5, 0.6) is 0 Å². The molecule has 37 heavy (non-hydrogen) atoms. The number of nitrogens with one attached hydrogen (secondary N) is 1. The molecule has 2 aromatic carbocycles. The molecule has 3 rings (SSSR count). The van der Waals surface area contributed by atoms with E-state index in [2.05, 4.69) is 9.71 Å².